The van der Waals surface area contributed by atoms with E-state index >= 15 is 0 Å². The lowest BCUT2D eigenvalue weighted by atomic mass is 10.1. The highest BCUT2D eigenvalue weighted by Gasteiger charge is 2.79. The minimum Gasteiger partial charge on any atom is -0.463 e. The number of hydrogen-bond acceptors (Lipinski definition) is 7. The number of carbonyl (C=O) groups is 3. The Labute approximate surface area is 157 Å². The van der Waals surface area contributed by atoms with E-state index in [0.29, 0.717) is 0 Å². The lowest BCUT2D eigenvalue weighted by Crippen LogP contribution is -2.45. The summed E-state index contributed by atoms with van der Waals surface area (Å²) in [6.45, 7) is 4.19. The van der Waals surface area contributed by atoms with Gasteiger partial charge in [-0.25, -0.2) is 0 Å². The van der Waals surface area contributed by atoms with Crippen LogP contribution in [-0.2, 0) is 39.9 Å². The van der Waals surface area contributed by atoms with Crippen LogP contribution in [0.2, 0.25) is 0 Å². The second-order valence-corrected chi connectivity index (χ2v) is 6.80. The van der Waals surface area contributed by atoms with Gasteiger partial charge in [0.1, 0.15) is 12.7 Å². The van der Waals surface area contributed by atoms with Gasteiger partial charge in [0.25, 0.3) is 0 Å². The van der Waals surface area contributed by atoms with E-state index in [0.717, 1.165) is 5.56 Å². The molecule has 1 saturated carbocycles. The maximum atomic E-state index is 11.7. The highest BCUT2D eigenvalue weighted by Crippen LogP contribution is 2.58. The van der Waals surface area contributed by atoms with Crippen molar-refractivity contribution in [3.63, 3.8) is 0 Å². The van der Waals surface area contributed by atoms with Crippen LogP contribution in [0.3, 0.4) is 0 Å². The number of rotatable bonds is 7. The molecule has 1 heterocycles. The average Bonchev–Trinajstić information content (AvgIpc) is 3.07. The van der Waals surface area contributed by atoms with E-state index in [9.17, 15) is 14.4 Å². The number of nitrogens with one attached hydrogen (secondary N) is 1. The molecule has 27 heavy (non-hydrogen) atoms. The fourth-order valence-corrected chi connectivity index (χ4v) is 3.57. The van der Waals surface area contributed by atoms with Crippen molar-refractivity contribution in [3.8, 4) is 0 Å². The third-order valence-electron chi connectivity index (χ3n) is 4.70. The number of amides is 1. The molecule has 5 atom stereocenters. The molecule has 1 aromatic rings. The van der Waals surface area contributed by atoms with Crippen LogP contribution in [0.25, 0.3) is 0 Å². The second-order valence-electron chi connectivity index (χ2n) is 6.80. The molecule has 0 bridgehead atoms. The molecule has 8 nitrogen and oxygen atoms in total. The van der Waals surface area contributed by atoms with Crippen molar-refractivity contribution in [1.29, 1.82) is 0 Å². The Kier molecular flexibility index (Phi) is 5.48. The first-order valence-electron chi connectivity index (χ1n) is 8.74. The summed E-state index contributed by atoms with van der Waals surface area (Å²) in [6, 6.07) is 9.01. The predicted molar refractivity (Wildman–Crippen MR) is 92.1 cm³/mol. The molecule has 1 N–H and O–H groups in total. The monoisotopic (exact) mass is 377 g/mol. The normalized spacial score (nSPS) is 30.9. The minimum atomic E-state index is -1.01. The van der Waals surface area contributed by atoms with Gasteiger partial charge in [-0.05, 0) is 5.56 Å². The van der Waals surface area contributed by atoms with Gasteiger partial charge in [0, 0.05) is 20.8 Å². The second kappa shape index (κ2) is 7.66. The molecule has 2 fully saturated rings. The molecular weight excluding hydrogens is 354 g/mol. The van der Waals surface area contributed by atoms with E-state index in [2.05, 4.69) is 5.32 Å². The van der Waals surface area contributed by atoms with E-state index in [1.54, 1.807) is 0 Å². The minimum absolute atomic E-state index is 0.0772. The SMILES string of the molecule is CC(=O)NC1C(OCc2ccccc2)OC2(COC(C)=O)C(OC(C)=O)C12. The summed E-state index contributed by atoms with van der Waals surface area (Å²) in [7, 11) is 0. The molecule has 8 heteroatoms. The Hall–Kier alpha value is -2.45. The molecular formula is C19H23NO7. The number of benzene rings is 1. The van der Waals surface area contributed by atoms with Gasteiger partial charge in [-0.2, -0.15) is 0 Å². The Balaban J connectivity index is 1.75. The largest absolute Gasteiger partial charge is 0.463 e. The van der Waals surface area contributed by atoms with Gasteiger partial charge in [0.2, 0.25) is 5.91 Å². The topological polar surface area (TPSA) is 100 Å². The molecule has 1 amide bonds. The summed E-state index contributed by atoms with van der Waals surface area (Å²) in [5.74, 6) is -1.55. The zero-order valence-corrected chi connectivity index (χ0v) is 15.5. The van der Waals surface area contributed by atoms with E-state index < -0.39 is 36.0 Å². The maximum absolute atomic E-state index is 11.7. The first-order valence-corrected chi connectivity index (χ1v) is 8.74. The average molecular weight is 377 g/mol. The van der Waals surface area contributed by atoms with Crippen molar-refractivity contribution < 1.29 is 33.3 Å². The van der Waals surface area contributed by atoms with E-state index in [4.69, 9.17) is 18.9 Å². The van der Waals surface area contributed by atoms with Crippen LogP contribution in [0.5, 0.6) is 0 Å². The zero-order chi connectivity index (χ0) is 19.6. The zero-order valence-electron chi connectivity index (χ0n) is 15.5. The number of carbonyl (C=O) groups excluding carboxylic acids is 3. The van der Waals surface area contributed by atoms with Gasteiger partial charge < -0.3 is 24.3 Å². The fourth-order valence-electron chi connectivity index (χ4n) is 3.57. The standard InChI is InChI=1S/C19H23NO7/c1-11(21)20-16-15-17(26-13(3)23)19(15,10-25-12(2)22)27-18(16)24-9-14-7-5-4-6-8-14/h4-8,15-18H,9-10H2,1-3H3,(H,20,21). The summed E-state index contributed by atoms with van der Waals surface area (Å²) < 4.78 is 22.3. The molecule has 1 aromatic carbocycles. The molecule has 1 aliphatic heterocycles. The van der Waals surface area contributed by atoms with Crippen LogP contribution in [0.1, 0.15) is 26.3 Å². The predicted octanol–water partition coefficient (Wildman–Crippen LogP) is 0.928. The van der Waals surface area contributed by atoms with Crippen molar-refractivity contribution in [3.05, 3.63) is 35.9 Å². The van der Waals surface area contributed by atoms with Crippen LogP contribution < -0.4 is 5.32 Å². The highest BCUT2D eigenvalue weighted by molar-refractivity contribution is 5.74. The van der Waals surface area contributed by atoms with Gasteiger partial charge in [0.05, 0.1) is 18.6 Å². The van der Waals surface area contributed by atoms with Gasteiger partial charge in [-0.3, -0.25) is 14.4 Å². The van der Waals surface area contributed by atoms with Crippen LogP contribution in [0, 0.1) is 5.92 Å². The molecule has 0 aromatic heterocycles. The van der Waals surface area contributed by atoms with Gasteiger partial charge >= 0.3 is 11.9 Å². The summed E-state index contributed by atoms with van der Waals surface area (Å²) in [4.78, 5) is 34.3. The van der Waals surface area contributed by atoms with E-state index in [1.165, 1.54) is 20.8 Å². The van der Waals surface area contributed by atoms with Gasteiger partial charge in [-0.15, -0.1) is 0 Å². The Morgan fingerprint density at radius 2 is 1.81 bits per heavy atom. The quantitative estimate of drug-likeness (QED) is 0.706. The molecule has 0 radical (unpaired) electrons. The summed E-state index contributed by atoms with van der Waals surface area (Å²) in [6.07, 6.45) is -1.36. The molecule has 2 aliphatic rings. The van der Waals surface area contributed by atoms with Crippen molar-refractivity contribution in [2.75, 3.05) is 6.61 Å². The maximum Gasteiger partial charge on any atom is 0.303 e. The molecule has 0 spiro atoms. The van der Waals surface area contributed by atoms with Gasteiger partial charge in [-0.1, -0.05) is 30.3 Å². The van der Waals surface area contributed by atoms with Gasteiger partial charge in [0.15, 0.2) is 11.9 Å². The summed E-state index contributed by atoms with van der Waals surface area (Å²) in [5, 5.41) is 2.81. The highest BCUT2D eigenvalue weighted by atomic mass is 16.7. The van der Waals surface area contributed by atoms with Crippen molar-refractivity contribution >= 4 is 17.8 Å². The number of esters is 2. The number of ether oxygens (including phenoxy) is 4. The van der Waals surface area contributed by atoms with Crippen molar-refractivity contribution in [1.82, 2.24) is 5.32 Å². The molecule has 5 unspecified atom stereocenters. The van der Waals surface area contributed by atoms with Crippen molar-refractivity contribution in [2.45, 2.75) is 51.4 Å². The first kappa shape index (κ1) is 19.3. The molecule has 3 rings (SSSR count). The lowest BCUT2D eigenvalue weighted by Gasteiger charge is -2.26. The van der Waals surface area contributed by atoms with Crippen LogP contribution in [0.15, 0.2) is 30.3 Å². The lowest BCUT2D eigenvalue weighted by molar-refractivity contribution is -0.201. The fraction of sp³-hybridized carbons (Fsp3) is 0.526. The molecule has 1 saturated heterocycles. The van der Waals surface area contributed by atoms with E-state index in [1.807, 2.05) is 30.3 Å². The summed E-state index contributed by atoms with van der Waals surface area (Å²) >= 11 is 0. The molecule has 146 valence electrons. The van der Waals surface area contributed by atoms with Crippen LogP contribution >= 0.6 is 0 Å². The van der Waals surface area contributed by atoms with E-state index in [-0.39, 0.29) is 25.0 Å². The first-order chi connectivity index (χ1) is 12.8. The Morgan fingerprint density at radius 3 is 2.41 bits per heavy atom. The Morgan fingerprint density at radius 1 is 1.11 bits per heavy atom. The van der Waals surface area contributed by atoms with Crippen molar-refractivity contribution in [2.24, 2.45) is 5.92 Å². The smallest absolute Gasteiger partial charge is 0.303 e. The Bertz CT molecular complexity index is 722. The molecule has 1 aliphatic carbocycles. The third kappa shape index (κ3) is 4.12. The van der Waals surface area contributed by atoms with Crippen LogP contribution in [0.4, 0.5) is 0 Å². The summed E-state index contributed by atoms with van der Waals surface area (Å²) in [5.41, 5.74) is -0.0555. The third-order valence-corrected chi connectivity index (χ3v) is 4.70. The number of fused-ring (bicyclic) bond motifs is 1. The van der Waals surface area contributed by atoms with Crippen LogP contribution in [-0.4, -0.2) is 48.5 Å². The number of hydrogen-bond donors (Lipinski definition) is 1.